The van der Waals surface area contributed by atoms with Crippen molar-refractivity contribution in [2.24, 2.45) is 0 Å². The topological polar surface area (TPSA) is 92.8 Å². The maximum Gasteiger partial charge on any atom is 0.534 e. The van der Waals surface area contributed by atoms with Crippen LogP contribution in [0.2, 0.25) is 0 Å². The molecule has 1 aromatic carbocycles. The van der Waals surface area contributed by atoms with Gasteiger partial charge in [0.1, 0.15) is 5.75 Å². The molecule has 0 radical (unpaired) electrons. The molecule has 1 aromatic rings. The first-order valence-electron chi connectivity index (χ1n) is 7.54. The van der Waals surface area contributed by atoms with Gasteiger partial charge in [0.05, 0.1) is 5.75 Å². The van der Waals surface area contributed by atoms with Crippen LogP contribution in [0.25, 0.3) is 0 Å². The smallest absolute Gasteiger partial charge is 0.376 e. The third-order valence-electron chi connectivity index (χ3n) is 3.18. The molecule has 150 valence electrons. The van der Waals surface area contributed by atoms with Gasteiger partial charge in [0, 0.05) is 6.54 Å². The summed E-state index contributed by atoms with van der Waals surface area (Å²) in [5.41, 5.74) is -5.00. The number of aryl methyl sites for hydroxylation is 1. The predicted molar refractivity (Wildman–Crippen MR) is 90.7 cm³/mol. The van der Waals surface area contributed by atoms with Crippen molar-refractivity contribution in [3.05, 3.63) is 29.8 Å². The van der Waals surface area contributed by atoms with Crippen LogP contribution in [0.1, 0.15) is 12.0 Å². The van der Waals surface area contributed by atoms with E-state index in [1.165, 1.54) is 12.1 Å². The molecule has 0 unspecified atom stereocenters. The third kappa shape index (κ3) is 7.89. The van der Waals surface area contributed by atoms with E-state index >= 15 is 0 Å². The van der Waals surface area contributed by atoms with Crippen LogP contribution in [0.4, 0.5) is 13.2 Å². The molecule has 12 heteroatoms. The molecular weight excluding hydrogens is 397 g/mol. The first kappa shape index (κ1) is 22.7. The van der Waals surface area contributed by atoms with Crippen LogP contribution < -0.4 is 8.91 Å². The Morgan fingerprint density at radius 2 is 1.65 bits per heavy atom. The number of sulfonamides is 1. The highest BCUT2D eigenvalue weighted by Gasteiger charge is 2.48. The third-order valence-corrected chi connectivity index (χ3v) is 5.54. The molecule has 1 N–H and O–H groups in total. The largest absolute Gasteiger partial charge is 0.534 e. The van der Waals surface area contributed by atoms with Gasteiger partial charge in [-0.3, -0.25) is 0 Å². The van der Waals surface area contributed by atoms with Gasteiger partial charge in [-0.15, -0.1) is 0 Å². The Balaban J connectivity index is 2.55. The molecular formula is C14H21F3N2O5S2. The summed E-state index contributed by atoms with van der Waals surface area (Å²) in [4.78, 5) is 1.93. The predicted octanol–water partition coefficient (Wildman–Crippen LogP) is 1.33. The molecule has 0 aliphatic rings. The molecule has 1 rings (SSSR count). The maximum absolute atomic E-state index is 12.2. The molecule has 0 saturated carbocycles. The summed E-state index contributed by atoms with van der Waals surface area (Å²) in [6, 6.07) is 4.69. The Labute approximate surface area is 151 Å². The van der Waals surface area contributed by atoms with Gasteiger partial charge in [-0.1, -0.05) is 12.1 Å². The summed E-state index contributed by atoms with van der Waals surface area (Å²) in [5.74, 6) is -0.702. The lowest BCUT2D eigenvalue weighted by Gasteiger charge is -2.11. The second kappa shape index (κ2) is 9.02. The normalized spacial score (nSPS) is 13.2. The zero-order chi connectivity index (χ0) is 20.0. The molecule has 0 aliphatic carbocycles. The van der Waals surface area contributed by atoms with Crippen molar-refractivity contribution in [2.75, 3.05) is 32.9 Å². The van der Waals surface area contributed by atoms with E-state index in [2.05, 4.69) is 8.91 Å². The minimum Gasteiger partial charge on any atom is -0.376 e. The SMILES string of the molecule is CN(C)CCCNS(=O)(=O)CCc1ccc(OS(=O)(=O)C(F)(F)F)cc1. The van der Waals surface area contributed by atoms with Crippen molar-refractivity contribution < 1.29 is 34.2 Å². The lowest BCUT2D eigenvalue weighted by Crippen LogP contribution is -2.30. The molecule has 0 amide bonds. The standard InChI is InChI=1S/C14H21F3N2O5S2/c1-19(2)10-3-9-18-25(20,21)11-8-12-4-6-13(7-5-12)24-26(22,23)14(15,16)17/h4-7,18H,3,8-11H2,1-2H3. The van der Waals surface area contributed by atoms with Gasteiger partial charge in [0.2, 0.25) is 10.0 Å². The molecule has 0 spiro atoms. The zero-order valence-corrected chi connectivity index (χ0v) is 15.9. The number of hydrogen-bond acceptors (Lipinski definition) is 6. The minimum atomic E-state index is -5.73. The molecule has 0 fully saturated rings. The highest BCUT2D eigenvalue weighted by atomic mass is 32.2. The summed E-state index contributed by atoms with van der Waals surface area (Å²) in [6.07, 6.45) is 0.779. The minimum absolute atomic E-state index is 0.120. The first-order valence-corrected chi connectivity index (χ1v) is 10.6. The van der Waals surface area contributed by atoms with Crippen molar-refractivity contribution in [2.45, 2.75) is 18.3 Å². The maximum atomic E-state index is 12.2. The molecule has 0 saturated heterocycles. The van der Waals surface area contributed by atoms with E-state index in [-0.39, 0.29) is 12.2 Å². The van der Waals surface area contributed by atoms with Gasteiger partial charge in [0.25, 0.3) is 0 Å². The fraction of sp³-hybridized carbons (Fsp3) is 0.571. The van der Waals surface area contributed by atoms with Crippen LogP contribution in [0.15, 0.2) is 24.3 Å². The Morgan fingerprint density at radius 3 is 2.15 bits per heavy atom. The highest BCUT2D eigenvalue weighted by Crippen LogP contribution is 2.27. The van der Waals surface area contributed by atoms with Crippen LogP contribution in [0, 0.1) is 0 Å². The Hall–Kier alpha value is -1.37. The molecule has 0 heterocycles. The molecule has 7 nitrogen and oxygen atoms in total. The van der Waals surface area contributed by atoms with E-state index < -0.39 is 31.4 Å². The van der Waals surface area contributed by atoms with E-state index in [4.69, 9.17) is 0 Å². The van der Waals surface area contributed by atoms with Gasteiger partial charge in [-0.2, -0.15) is 21.6 Å². The van der Waals surface area contributed by atoms with E-state index in [0.29, 0.717) is 18.5 Å². The van der Waals surface area contributed by atoms with Crippen LogP contribution in [0.3, 0.4) is 0 Å². The van der Waals surface area contributed by atoms with Crippen LogP contribution >= 0.6 is 0 Å². The lowest BCUT2D eigenvalue weighted by atomic mass is 10.2. The average Bonchev–Trinajstić information content (AvgIpc) is 2.49. The van der Waals surface area contributed by atoms with Crippen molar-refractivity contribution in [3.8, 4) is 5.75 Å². The van der Waals surface area contributed by atoms with Crippen molar-refractivity contribution in [1.82, 2.24) is 9.62 Å². The summed E-state index contributed by atoms with van der Waals surface area (Å²) < 4.78 is 88.6. The number of halogens is 3. The zero-order valence-electron chi connectivity index (χ0n) is 14.3. The second-order valence-electron chi connectivity index (χ2n) is 5.75. The van der Waals surface area contributed by atoms with Crippen LogP contribution in [-0.2, 0) is 26.6 Å². The van der Waals surface area contributed by atoms with Crippen molar-refractivity contribution >= 4 is 20.1 Å². The molecule has 0 atom stereocenters. The van der Waals surface area contributed by atoms with Gasteiger partial charge >= 0.3 is 15.6 Å². The number of nitrogens with zero attached hydrogens (tertiary/aromatic N) is 1. The van der Waals surface area contributed by atoms with Crippen molar-refractivity contribution in [1.29, 1.82) is 0 Å². The Kier molecular flexibility index (Phi) is 7.86. The van der Waals surface area contributed by atoms with Gasteiger partial charge < -0.3 is 9.08 Å². The number of nitrogens with one attached hydrogen (secondary N) is 1. The van der Waals surface area contributed by atoms with E-state index in [0.717, 1.165) is 18.7 Å². The monoisotopic (exact) mass is 418 g/mol. The van der Waals surface area contributed by atoms with Crippen molar-refractivity contribution in [3.63, 3.8) is 0 Å². The molecule has 0 aliphatic heterocycles. The highest BCUT2D eigenvalue weighted by molar-refractivity contribution is 7.89. The fourth-order valence-corrected chi connectivity index (χ4v) is 3.40. The number of rotatable bonds is 10. The average molecular weight is 418 g/mol. The molecule has 0 bridgehead atoms. The fourth-order valence-electron chi connectivity index (χ4n) is 1.83. The number of benzene rings is 1. The summed E-state index contributed by atoms with van der Waals surface area (Å²) in [6.45, 7) is 1.05. The summed E-state index contributed by atoms with van der Waals surface area (Å²) in [7, 11) is -5.45. The van der Waals surface area contributed by atoms with E-state index in [1.807, 2.05) is 19.0 Å². The summed E-state index contributed by atoms with van der Waals surface area (Å²) >= 11 is 0. The van der Waals surface area contributed by atoms with E-state index in [1.54, 1.807) is 0 Å². The van der Waals surface area contributed by atoms with E-state index in [9.17, 15) is 30.0 Å². The number of hydrogen-bond donors (Lipinski definition) is 1. The Morgan fingerprint density at radius 1 is 1.08 bits per heavy atom. The lowest BCUT2D eigenvalue weighted by molar-refractivity contribution is -0.0500. The molecule has 0 aromatic heterocycles. The quantitative estimate of drug-likeness (QED) is 0.350. The second-order valence-corrected chi connectivity index (χ2v) is 9.21. The first-order chi connectivity index (χ1) is 11.8. The van der Waals surface area contributed by atoms with Crippen LogP contribution in [-0.4, -0.2) is 60.2 Å². The van der Waals surface area contributed by atoms with Gasteiger partial charge in [-0.25, -0.2) is 13.1 Å². The Bertz CT molecular complexity index is 776. The number of alkyl halides is 3. The van der Waals surface area contributed by atoms with Gasteiger partial charge in [0.15, 0.2) is 0 Å². The van der Waals surface area contributed by atoms with Gasteiger partial charge in [-0.05, 0) is 51.2 Å². The van der Waals surface area contributed by atoms with Crippen LogP contribution in [0.5, 0.6) is 5.75 Å². The molecule has 26 heavy (non-hydrogen) atoms. The summed E-state index contributed by atoms with van der Waals surface area (Å²) in [5, 5.41) is 0.